The van der Waals surface area contributed by atoms with Crippen LogP contribution in [0.3, 0.4) is 0 Å². The summed E-state index contributed by atoms with van der Waals surface area (Å²) >= 11 is 0. The number of ether oxygens (including phenoxy) is 4. The smallest absolute Gasteiger partial charge is 0.306 e. The summed E-state index contributed by atoms with van der Waals surface area (Å²) in [7, 11) is 0. The maximum Gasteiger partial charge on any atom is 0.306 e. The Morgan fingerprint density at radius 3 is 0.926 bits per heavy atom. The normalized spacial score (nSPS) is 16.3. The molecule has 1 N–H and O–H groups in total. The second-order valence-electron chi connectivity index (χ2n) is 21.1. The van der Waals surface area contributed by atoms with Crippen molar-refractivity contribution in [1.82, 2.24) is 0 Å². The van der Waals surface area contributed by atoms with Crippen molar-refractivity contribution in [2.75, 3.05) is 13.2 Å². The molecule has 0 saturated carbocycles. The van der Waals surface area contributed by atoms with Crippen LogP contribution in [0.25, 0.3) is 0 Å². The van der Waals surface area contributed by atoms with Crippen molar-refractivity contribution in [2.45, 2.75) is 353 Å². The molecule has 0 unspecified atom stereocenters. The van der Waals surface area contributed by atoms with Gasteiger partial charge in [-0.05, 0) is 19.3 Å². The summed E-state index contributed by atoms with van der Waals surface area (Å²) in [5, 5.41) is 11.2. The molecule has 0 spiro atoms. The van der Waals surface area contributed by atoms with Gasteiger partial charge in [-0.15, -0.1) is 0 Å². The molecule has 0 radical (unpaired) electrons. The molecule has 4 atom stereocenters. The Labute approximate surface area is 421 Å². The molecule has 8 nitrogen and oxygen atoms in total. The predicted molar refractivity (Wildman–Crippen MR) is 285 cm³/mol. The van der Waals surface area contributed by atoms with Gasteiger partial charge in [0.1, 0.15) is 18.8 Å². The van der Waals surface area contributed by atoms with E-state index in [1.54, 1.807) is 0 Å². The zero-order valence-electron chi connectivity index (χ0n) is 45.5. The molecule has 0 bridgehead atoms. The van der Waals surface area contributed by atoms with E-state index in [1.807, 2.05) is 0 Å². The van der Waals surface area contributed by atoms with E-state index in [2.05, 4.69) is 20.8 Å². The van der Waals surface area contributed by atoms with Crippen LogP contribution in [0.4, 0.5) is 0 Å². The van der Waals surface area contributed by atoms with Crippen molar-refractivity contribution in [3.05, 3.63) is 0 Å². The van der Waals surface area contributed by atoms with Crippen LogP contribution in [0, 0.1) is 0 Å². The second kappa shape index (κ2) is 50.3. The molecule has 1 aliphatic heterocycles. The van der Waals surface area contributed by atoms with Crippen LogP contribution in [0.1, 0.15) is 329 Å². The fourth-order valence-corrected chi connectivity index (χ4v) is 9.89. The highest BCUT2D eigenvalue weighted by atomic mass is 16.6. The summed E-state index contributed by atoms with van der Waals surface area (Å²) in [5.41, 5.74) is 0. The van der Waals surface area contributed by atoms with E-state index in [9.17, 15) is 19.5 Å². The minimum absolute atomic E-state index is 0.0241. The van der Waals surface area contributed by atoms with Gasteiger partial charge < -0.3 is 24.1 Å². The highest BCUT2D eigenvalue weighted by molar-refractivity contribution is 5.71. The lowest BCUT2D eigenvalue weighted by Gasteiger charge is -2.26. The number of rotatable bonds is 53. The van der Waals surface area contributed by atoms with Crippen LogP contribution in [0.2, 0.25) is 0 Å². The number of hydrogen-bond donors (Lipinski definition) is 1. The molecule has 68 heavy (non-hydrogen) atoms. The molecular weight excluding hydrogens is 849 g/mol. The van der Waals surface area contributed by atoms with Crippen molar-refractivity contribution in [1.29, 1.82) is 0 Å². The summed E-state index contributed by atoms with van der Waals surface area (Å²) in [6.07, 6.45) is 53.6. The monoisotopic (exact) mass is 963 g/mol. The zero-order chi connectivity index (χ0) is 49.2. The quantitative estimate of drug-likeness (QED) is 0.0365. The first-order valence-corrected chi connectivity index (χ1v) is 30.3. The van der Waals surface area contributed by atoms with E-state index in [1.165, 1.54) is 231 Å². The summed E-state index contributed by atoms with van der Waals surface area (Å²) in [4.78, 5) is 38.8. The average molecular weight is 964 g/mol. The SMILES string of the molecule is CCCCCCCCCCCCCCCCCCC(=O)O[C@H]1[C@@H]([C@H](O)COC(=O)CCCCCCCCCCCCCCC)OC[C@@H]1OC(=O)CCCCCCCCCCCCCCCCCC. The molecule has 0 aromatic carbocycles. The molecule has 1 heterocycles. The van der Waals surface area contributed by atoms with E-state index in [0.717, 1.165) is 57.8 Å². The number of carbonyl (C=O) groups is 3. The van der Waals surface area contributed by atoms with Gasteiger partial charge in [-0.1, -0.05) is 290 Å². The molecular formula is C60H114O8. The van der Waals surface area contributed by atoms with Gasteiger partial charge in [-0.3, -0.25) is 14.4 Å². The van der Waals surface area contributed by atoms with Crippen LogP contribution in [-0.4, -0.2) is 60.6 Å². The molecule has 402 valence electrons. The Morgan fingerprint density at radius 1 is 0.382 bits per heavy atom. The van der Waals surface area contributed by atoms with Crippen LogP contribution < -0.4 is 0 Å². The van der Waals surface area contributed by atoms with Gasteiger partial charge in [0.2, 0.25) is 0 Å². The van der Waals surface area contributed by atoms with Gasteiger partial charge in [0.05, 0.1) is 6.61 Å². The Kier molecular flexibility index (Phi) is 47.6. The molecule has 1 rings (SSSR count). The van der Waals surface area contributed by atoms with Crippen molar-refractivity contribution in [2.24, 2.45) is 0 Å². The number of carbonyl (C=O) groups excluding carboxylic acids is 3. The van der Waals surface area contributed by atoms with Crippen LogP contribution in [0.15, 0.2) is 0 Å². The third-order valence-electron chi connectivity index (χ3n) is 14.4. The number of aliphatic hydroxyl groups excluding tert-OH is 1. The maximum absolute atomic E-state index is 13.2. The fourth-order valence-electron chi connectivity index (χ4n) is 9.89. The van der Waals surface area contributed by atoms with Crippen molar-refractivity contribution < 1.29 is 38.4 Å². The van der Waals surface area contributed by atoms with E-state index in [4.69, 9.17) is 18.9 Å². The van der Waals surface area contributed by atoms with E-state index < -0.39 is 24.4 Å². The van der Waals surface area contributed by atoms with Crippen LogP contribution >= 0.6 is 0 Å². The number of aliphatic hydroxyl groups is 1. The molecule has 0 aromatic heterocycles. The summed E-state index contributed by atoms with van der Waals surface area (Å²) < 4.78 is 23.2. The number of unbranched alkanes of at least 4 members (excludes halogenated alkanes) is 42. The Morgan fingerprint density at radius 2 is 0.632 bits per heavy atom. The van der Waals surface area contributed by atoms with E-state index in [0.29, 0.717) is 12.8 Å². The molecule has 1 fully saturated rings. The maximum atomic E-state index is 13.2. The van der Waals surface area contributed by atoms with Gasteiger partial charge in [-0.2, -0.15) is 0 Å². The third-order valence-corrected chi connectivity index (χ3v) is 14.4. The van der Waals surface area contributed by atoms with Crippen molar-refractivity contribution in [3.63, 3.8) is 0 Å². The molecule has 0 amide bonds. The summed E-state index contributed by atoms with van der Waals surface area (Å²) in [6, 6.07) is 0. The first kappa shape index (κ1) is 64.3. The average Bonchev–Trinajstić information content (AvgIpc) is 3.72. The molecule has 8 heteroatoms. The van der Waals surface area contributed by atoms with E-state index in [-0.39, 0.29) is 37.5 Å². The number of esters is 3. The van der Waals surface area contributed by atoms with E-state index >= 15 is 0 Å². The first-order valence-electron chi connectivity index (χ1n) is 30.3. The highest BCUT2D eigenvalue weighted by Gasteiger charge is 2.46. The van der Waals surface area contributed by atoms with Crippen molar-refractivity contribution in [3.8, 4) is 0 Å². The zero-order valence-corrected chi connectivity index (χ0v) is 45.5. The summed E-state index contributed by atoms with van der Waals surface area (Å²) in [6.45, 7) is 6.58. The van der Waals surface area contributed by atoms with Gasteiger partial charge in [-0.25, -0.2) is 0 Å². The van der Waals surface area contributed by atoms with Gasteiger partial charge in [0, 0.05) is 19.3 Å². The number of hydrogen-bond acceptors (Lipinski definition) is 8. The van der Waals surface area contributed by atoms with Gasteiger partial charge in [0.15, 0.2) is 12.2 Å². The molecule has 0 aromatic rings. The lowest BCUT2D eigenvalue weighted by atomic mass is 10.0. The van der Waals surface area contributed by atoms with Crippen molar-refractivity contribution >= 4 is 17.9 Å². The molecule has 0 aliphatic carbocycles. The van der Waals surface area contributed by atoms with Gasteiger partial charge >= 0.3 is 17.9 Å². The fraction of sp³-hybridized carbons (Fsp3) is 0.950. The molecule has 1 aliphatic rings. The highest BCUT2D eigenvalue weighted by Crippen LogP contribution is 2.26. The molecule has 1 saturated heterocycles. The lowest BCUT2D eigenvalue weighted by molar-refractivity contribution is -0.170. The Hall–Kier alpha value is -1.67. The largest absolute Gasteiger partial charge is 0.463 e. The Bertz CT molecular complexity index is 1100. The summed E-state index contributed by atoms with van der Waals surface area (Å²) in [5.74, 6) is -1.05. The lowest BCUT2D eigenvalue weighted by Crippen LogP contribution is -2.45. The Balaban J connectivity index is 2.40. The van der Waals surface area contributed by atoms with Crippen LogP contribution in [0.5, 0.6) is 0 Å². The minimum atomic E-state index is -1.21. The second-order valence-corrected chi connectivity index (χ2v) is 21.1. The van der Waals surface area contributed by atoms with Crippen LogP contribution in [-0.2, 0) is 33.3 Å². The predicted octanol–water partition coefficient (Wildman–Crippen LogP) is 17.9. The first-order chi connectivity index (χ1) is 33.4. The third kappa shape index (κ3) is 41.0. The van der Waals surface area contributed by atoms with Gasteiger partial charge in [0.25, 0.3) is 0 Å². The topological polar surface area (TPSA) is 108 Å². The standard InChI is InChI=1S/C60H114O8/c1-4-7-10-13-16-19-22-25-27-29-32-35-38-41-44-47-50-57(63)67-55-53-66-59(54(61)52-65-56(62)49-46-43-40-37-34-31-24-21-18-15-12-9-6-3)60(55)68-58(64)51-48-45-42-39-36-33-30-28-26-23-20-17-14-11-8-5-2/h54-55,59-61H,4-53H2,1-3H3/t54-,55+,59-,60-/m1/s1. The minimum Gasteiger partial charge on any atom is -0.463 e.